The molecule has 0 spiro atoms. The summed E-state index contributed by atoms with van der Waals surface area (Å²) in [5.74, 6) is 1.51. The van der Waals surface area contributed by atoms with Crippen molar-refractivity contribution in [1.82, 2.24) is 4.98 Å². The van der Waals surface area contributed by atoms with Crippen molar-refractivity contribution in [3.05, 3.63) is 57.5 Å². The maximum absolute atomic E-state index is 11.6. The molecule has 0 aliphatic carbocycles. The summed E-state index contributed by atoms with van der Waals surface area (Å²) in [7, 11) is 4.55. The third-order valence-corrected chi connectivity index (χ3v) is 5.46. The van der Waals surface area contributed by atoms with Crippen LogP contribution in [0.25, 0.3) is 10.6 Å². The van der Waals surface area contributed by atoms with Crippen molar-refractivity contribution in [3.8, 4) is 27.8 Å². The first-order valence-corrected chi connectivity index (χ1v) is 9.91. The van der Waals surface area contributed by atoms with E-state index in [4.69, 9.17) is 18.9 Å². The summed E-state index contributed by atoms with van der Waals surface area (Å²) in [6, 6.07) is 10.7. The number of hydrogen-bond donors (Lipinski definition) is 0. The minimum atomic E-state index is -0.399. The highest BCUT2D eigenvalue weighted by molar-refractivity contribution is 9.10. The van der Waals surface area contributed by atoms with Gasteiger partial charge in [0.15, 0.2) is 11.5 Å². The van der Waals surface area contributed by atoms with Crippen molar-refractivity contribution in [2.45, 2.75) is 6.61 Å². The number of benzene rings is 2. The molecule has 2 aromatic carbocycles. The van der Waals surface area contributed by atoms with Crippen LogP contribution in [-0.2, 0) is 11.3 Å². The number of carbonyl (C=O) groups excluding carboxylic acids is 1. The van der Waals surface area contributed by atoms with Crippen molar-refractivity contribution < 1.29 is 23.7 Å². The number of halogens is 1. The number of nitrogens with zero attached hydrogens (tertiary/aromatic N) is 1. The molecule has 0 amide bonds. The van der Waals surface area contributed by atoms with Gasteiger partial charge < -0.3 is 18.9 Å². The van der Waals surface area contributed by atoms with Crippen LogP contribution in [-0.4, -0.2) is 32.3 Å². The second-order valence-electron chi connectivity index (χ2n) is 5.61. The van der Waals surface area contributed by atoms with Gasteiger partial charge in [-0.1, -0.05) is 6.07 Å². The Morgan fingerprint density at radius 1 is 1.11 bits per heavy atom. The van der Waals surface area contributed by atoms with E-state index in [1.807, 2.05) is 23.6 Å². The molecule has 3 rings (SSSR count). The maximum atomic E-state index is 11.6. The standard InChI is InChI=1S/C20H18BrNO5S/c1-24-17-6-4-5-14(18(17)25-2)19-22-13(11-28-19)10-27-16-8-7-12(9-15(16)21)20(23)26-3/h4-9,11H,10H2,1-3H3. The zero-order valence-electron chi connectivity index (χ0n) is 15.5. The lowest BCUT2D eigenvalue weighted by molar-refractivity contribution is 0.0600. The fourth-order valence-electron chi connectivity index (χ4n) is 2.57. The first kappa shape index (κ1) is 20.2. The Bertz CT molecular complexity index is 988. The van der Waals surface area contributed by atoms with E-state index in [0.717, 1.165) is 16.3 Å². The number of thiazole rings is 1. The van der Waals surface area contributed by atoms with Gasteiger partial charge in [-0.15, -0.1) is 11.3 Å². The van der Waals surface area contributed by atoms with Crippen LogP contribution < -0.4 is 14.2 Å². The number of esters is 1. The topological polar surface area (TPSA) is 66.9 Å². The molecule has 0 aliphatic rings. The van der Waals surface area contributed by atoms with Crippen LogP contribution in [0.15, 0.2) is 46.3 Å². The molecule has 1 heterocycles. The fraction of sp³-hybridized carbons (Fsp3) is 0.200. The summed E-state index contributed by atoms with van der Waals surface area (Å²) < 4.78 is 22.0. The third-order valence-electron chi connectivity index (χ3n) is 3.91. The summed E-state index contributed by atoms with van der Waals surface area (Å²) in [5, 5.41) is 2.75. The number of hydrogen-bond acceptors (Lipinski definition) is 7. The Morgan fingerprint density at radius 3 is 2.61 bits per heavy atom. The molecular formula is C20H18BrNO5S. The summed E-state index contributed by atoms with van der Waals surface area (Å²) >= 11 is 4.91. The Labute approximate surface area is 175 Å². The van der Waals surface area contributed by atoms with Gasteiger partial charge in [0, 0.05) is 5.38 Å². The van der Waals surface area contributed by atoms with Crippen molar-refractivity contribution >= 4 is 33.2 Å². The molecule has 6 nitrogen and oxygen atoms in total. The highest BCUT2D eigenvalue weighted by atomic mass is 79.9. The summed E-state index contributed by atoms with van der Waals surface area (Å²) in [5.41, 5.74) is 2.10. The van der Waals surface area contributed by atoms with E-state index in [2.05, 4.69) is 20.9 Å². The first-order valence-electron chi connectivity index (χ1n) is 8.23. The Morgan fingerprint density at radius 2 is 1.93 bits per heavy atom. The van der Waals surface area contributed by atoms with E-state index < -0.39 is 5.97 Å². The molecule has 0 saturated carbocycles. The second-order valence-corrected chi connectivity index (χ2v) is 7.32. The lowest BCUT2D eigenvalue weighted by atomic mass is 10.2. The lowest BCUT2D eigenvalue weighted by Crippen LogP contribution is -2.02. The van der Waals surface area contributed by atoms with Crippen LogP contribution in [0, 0.1) is 0 Å². The van der Waals surface area contributed by atoms with E-state index in [1.54, 1.807) is 32.4 Å². The first-order chi connectivity index (χ1) is 13.6. The SMILES string of the molecule is COC(=O)c1ccc(OCc2csc(-c3cccc(OC)c3OC)n2)c(Br)c1. The number of aromatic nitrogens is 1. The number of ether oxygens (including phenoxy) is 4. The van der Waals surface area contributed by atoms with Crippen molar-refractivity contribution in [2.75, 3.05) is 21.3 Å². The summed E-state index contributed by atoms with van der Waals surface area (Å²) in [4.78, 5) is 16.2. The molecule has 0 bridgehead atoms. The van der Waals surface area contributed by atoms with Crippen LogP contribution in [0.3, 0.4) is 0 Å². The predicted molar refractivity (Wildman–Crippen MR) is 110 cm³/mol. The van der Waals surface area contributed by atoms with Gasteiger partial charge in [0.1, 0.15) is 17.4 Å². The smallest absolute Gasteiger partial charge is 0.337 e. The monoisotopic (exact) mass is 463 g/mol. The third kappa shape index (κ3) is 4.28. The van der Waals surface area contributed by atoms with E-state index >= 15 is 0 Å². The minimum absolute atomic E-state index is 0.291. The van der Waals surface area contributed by atoms with E-state index in [1.165, 1.54) is 18.4 Å². The largest absolute Gasteiger partial charge is 0.493 e. The zero-order valence-corrected chi connectivity index (χ0v) is 17.9. The highest BCUT2D eigenvalue weighted by Crippen LogP contribution is 2.39. The van der Waals surface area contributed by atoms with Gasteiger partial charge in [0.25, 0.3) is 0 Å². The lowest BCUT2D eigenvalue weighted by Gasteiger charge is -2.10. The molecule has 0 saturated heterocycles. The number of carbonyl (C=O) groups is 1. The second kappa shape index (κ2) is 9.07. The van der Waals surface area contributed by atoms with Crippen LogP contribution in [0.1, 0.15) is 16.1 Å². The molecule has 0 atom stereocenters. The number of methoxy groups -OCH3 is 3. The minimum Gasteiger partial charge on any atom is -0.493 e. The number of para-hydroxylation sites is 1. The van der Waals surface area contributed by atoms with Crippen LogP contribution in [0.5, 0.6) is 17.2 Å². The molecule has 28 heavy (non-hydrogen) atoms. The summed E-state index contributed by atoms with van der Waals surface area (Å²) in [6.45, 7) is 0.291. The van der Waals surface area contributed by atoms with Gasteiger partial charge in [-0.2, -0.15) is 0 Å². The molecule has 1 aromatic heterocycles. The van der Waals surface area contributed by atoms with E-state index in [0.29, 0.717) is 33.9 Å². The Hall–Kier alpha value is -2.58. The number of rotatable bonds is 7. The van der Waals surface area contributed by atoms with Gasteiger partial charge >= 0.3 is 5.97 Å². The van der Waals surface area contributed by atoms with Crippen LogP contribution >= 0.6 is 27.3 Å². The summed E-state index contributed by atoms with van der Waals surface area (Å²) in [6.07, 6.45) is 0. The Balaban J connectivity index is 1.75. The molecule has 0 fully saturated rings. The van der Waals surface area contributed by atoms with Crippen LogP contribution in [0.2, 0.25) is 0 Å². The Kier molecular flexibility index (Phi) is 6.53. The molecule has 0 N–H and O–H groups in total. The van der Waals surface area contributed by atoms with E-state index in [9.17, 15) is 4.79 Å². The molecule has 3 aromatic rings. The van der Waals surface area contributed by atoms with Crippen LogP contribution in [0.4, 0.5) is 0 Å². The zero-order chi connectivity index (χ0) is 20.1. The molecule has 8 heteroatoms. The average molecular weight is 464 g/mol. The molecular weight excluding hydrogens is 446 g/mol. The van der Waals surface area contributed by atoms with Gasteiger partial charge in [-0.25, -0.2) is 9.78 Å². The van der Waals surface area contributed by atoms with Gasteiger partial charge in [-0.05, 0) is 46.3 Å². The van der Waals surface area contributed by atoms with Gasteiger partial charge in [-0.3, -0.25) is 0 Å². The highest BCUT2D eigenvalue weighted by Gasteiger charge is 2.15. The van der Waals surface area contributed by atoms with E-state index in [-0.39, 0.29) is 0 Å². The molecule has 146 valence electrons. The maximum Gasteiger partial charge on any atom is 0.337 e. The quantitative estimate of drug-likeness (QED) is 0.461. The van der Waals surface area contributed by atoms with Crippen molar-refractivity contribution in [2.24, 2.45) is 0 Å². The van der Waals surface area contributed by atoms with Gasteiger partial charge in [0.05, 0.1) is 42.6 Å². The average Bonchev–Trinajstić information content (AvgIpc) is 3.20. The van der Waals surface area contributed by atoms with Crippen molar-refractivity contribution in [1.29, 1.82) is 0 Å². The fourth-order valence-corrected chi connectivity index (χ4v) is 3.89. The van der Waals surface area contributed by atoms with Gasteiger partial charge in [0.2, 0.25) is 0 Å². The molecule has 0 unspecified atom stereocenters. The predicted octanol–water partition coefficient (Wildman–Crippen LogP) is 4.96. The molecule has 0 aliphatic heterocycles. The molecule has 0 radical (unpaired) electrons. The normalized spacial score (nSPS) is 10.4. The van der Waals surface area contributed by atoms with Crippen molar-refractivity contribution in [3.63, 3.8) is 0 Å².